The first-order chi connectivity index (χ1) is 14.8. The lowest BCUT2D eigenvalue weighted by molar-refractivity contribution is -0.126. The maximum atomic E-state index is 12.0. The molecular formula is C22H26IN3O5. The number of amides is 2. The van der Waals surface area contributed by atoms with Gasteiger partial charge < -0.3 is 19.5 Å². The summed E-state index contributed by atoms with van der Waals surface area (Å²) < 4.78 is 17.4. The van der Waals surface area contributed by atoms with Gasteiger partial charge in [-0.15, -0.1) is 0 Å². The lowest BCUT2D eigenvalue weighted by Gasteiger charge is -2.15. The number of ether oxygens (including phenoxy) is 3. The van der Waals surface area contributed by atoms with Crippen LogP contribution >= 0.6 is 22.6 Å². The number of nitrogens with one attached hydrogen (secondary N) is 2. The molecule has 0 saturated heterocycles. The topological polar surface area (TPSA) is 98.2 Å². The third kappa shape index (κ3) is 8.08. The van der Waals surface area contributed by atoms with Gasteiger partial charge in [0.1, 0.15) is 12.2 Å². The normalized spacial score (nSPS) is 10.8. The van der Waals surface area contributed by atoms with Crippen molar-refractivity contribution >= 4 is 46.3 Å². The zero-order valence-electron chi connectivity index (χ0n) is 17.9. The summed E-state index contributed by atoms with van der Waals surface area (Å²) in [5, 5.41) is 6.58. The van der Waals surface area contributed by atoms with Crippen molar-refractivity contribution in [1.29, 1.82) is 0 Å². The highest BCUT2D eigenvalue weighted by atomic mass is 127. The van der Waals surface area contributed by atoms with Crippen LogP contribution in [0, 0.1) is 3.57 Å². The molecule has 2 rings (SSSR count). The number of benzene rings is 2. The Hall–Kier alpha value is -2.82. The van der Waals surface area contributed by atoms with E-state index in [4.69, 9.17) is 14.2 Å². The van der Waals surface area contributed by atoms with Crippen molar-refractivity contribution in [2.45, 2.75) is 33.3 Å². The standard InChI is InChI=1S/C22H26IN3O5/c1-5-30-17-8-6-16(7-9-17)25-20(27)12-21(28)26-24-13-15-10-18(23)22(31-14(2)3)19(11-15)29-4/h6-11,13-14H,5,12H2,1-4H3,(H,25,27)(H,26,28). The summed E-state index contributed by atoms with van der Waals surface area (Å²) in [6.07, 6.45) is 1.13. The van der Waals surface area contributed by atoms with Gasteiger partial charge in [-0.1, -0.05) is 0 Å². The molecule has 0 atom stereocenters. The zero-order valence-corrected chi connectivity index (χ0v) is 20.1. The monoisotopic (exact) mass is 539 g/mol. The molecule has 0 unspecified atom stereocenters. The number of carbonyl (C=O) groups is 2. The summed E-state index contributed by atoms with van der Waals surface area (Å²) in [6, 6.07) is 10.5. The van der Waals surface area contributed by atoms with E-state index in [0.717, 1.165) is 9.13 Å². The van der Waals surface area contributed by atoms with Crippen LogP contribution in [-0.4, -0.2) is 37.8 Å². The van der Waals surface area contributed by atoms with Gasteiger partial charge in [0.25, 0.3) is 0 Å². The minimum Gasteiger partial charge on any atom is -0.494 e. The van der Waals surface area contributed by atoms with E-state index in [1.54, 1.807) is 37.4 Å². The van der Waals surface area contributed by atoms with Crippen LogP contribution in [0.1, 0.15) is 32.8 Å². The summed E-state index contributed by atoms with van der Waals surface area (Å²) in [4.78, 5) is 24.0. The fourth-order valence-electron chi connectivity index (χ4n) is 2.53. The molecule has 31 heavy (non-hydrogen) atoms. The predicted molar refractivity (Wildman–Crippen MR) is 128 cm³/mol. The Bertz CT molecular complexity index is 929. The van der Waals surface area contributed by atoms with Gasteiger partial charge in [-0.05, 0) is 85.3 Å². The highest BCUT2D eigenvalue weighted by Crippen LogP contribution is 2.34. The number of anilines is 1. The molecule has 2 amide bonds. The largest absolute Gasteiger partial charge is 0.494 e. The lowest BCUT2D eigenvalue weighted by atomic mass is 10.2. The second-order valence-electron chi connectivity index (χ2n) is 6.68. The average Bonchev–Trinajstić information content (AvgIpc) is 2.71. The van der Waals surface area contributed by atoms with Gasteiger partial charge in [0.05, 0.1) is 29.6 Å². The maximum Gasteiger partial charge on any atom is 0.249 e. The number of hydrogen-bond donors (Lipinski definition) is 2. The number of halogens is 1. The molecule has 0 spiro atoms. The molecule has 2 aromatic carbocycles. The quantitative estimate of drug-likeness (QED) is 0.206. The van der Waals surface area contributed by atoms with E-state index in [0.29, 0.717) is 29.5 Å². The number of rotatable bonds is 10. The highest BCUT2D eigenvalue weighted by molar-refractivity contribution is 14.1. The van der Waals surface area contributed by atoms with Crippen LogP contribution in [0.5, 0.6) is 17.2 Å². The smallest absolute Gasteiger partial charge is 0.249 e. The number of hydrogen-bond acceptors (Lipinski definition) is 6. The van der Waals surface area contributed by atoms with Crippen LogP contribution in [0.15, 0.2) is 41.5 Å². The first-order valence-electron chi connectivity index (χ1n) is 9.71. The Morgan fingerprint density at radius 2 is 1.87 bits per heavy atom. The van der Waals surface area contributed by atoms with E-state index < -0.39 is 11.8 Å². The number of nitrogens with zero attached hydrogens (tertiary/aromatic N) is 1. The Balaban J connectivity index is 1.90. The molecule has 0 saturated carbocycles. The predicted octanol–water partition coefficient (Wildman–Crippen LogP) is 3.96. The Morgan fingerprint density at radius 3 is 2.48 bits per heavy atom. The van der Waals surface area contributed by atoms with Crippen molar-refractivity contribution in [3.8, 4) is 17.2 Å². The van der Waals surface area contributed by atoms with Crippen LogP contribution < -0.4 is 25.0 Å². The van der Waals surface area contributed by atoms with Gasteiger partial charge in [-0.25, -0.2) is 5.43 Å². The molecule has 0 fully saturated rings. The van der Waals surface area contributed by atoms with Crippen LogP contribution in [0.25, 0.3) is 0 Å². The molecule has 0 bridgehead atoms. The number of carbonyl (C=O) groups excluding carboxylic acids is 2. The van der Waals surface area contributed by atoms with E-state index >= 15 is 0 Å². The molecule has 9 heteroatoms. The Morgan fingerprint density at radius 1 is 1.16 bits per heavy atom. The minimum atomic E-state index is -0.527. The Kier molecular flexibility index (Phi) is 9.57. The van der Waals surface area contributed by atoms with Crippen LogP contribution in [0.2, 0.25) is 0 Å². The molecule has 2 N–H and O–H groups in total. The molecule has 0 aliphatic heterocycles. The maximum absolute atomic E-state index is 12.0. The zero-order chi connectivity index (χ0) is 22.8. The molecule has 0 heterocycles. The minimum absolute atomic E-state index is 0.00924. The van der Waals surface area contributed by atoms with E-state index in [1.807, 2.05) is 26.8 Å². The van der Waals surface area contributed by atoms with Gasteiger partial charge in [-0.2, -0.15) is 5.10 Å². The van der Waals surface area contributed by atoms with Gasteiger partial charge in [-0.3, -0.25) is 9.59 Å². The van der Waals surface area contributed by atoms with Crippen molar-refractivity contribution in [2.24, 2.45) is 5.10 Å². The fourth-order valence-corrected chi connectivity index (χ4v) is 3.29. The molecule has 166 valence electrons. The summed E-state index contributed by atoms with van der Waals surface area (Å²) >= 11 is 2.15. The Labute approximate surface area is 195 Å². The van der Waals surface area contributed by atoms with E-state index in [2.05, 4.69) is 38.4 Å². The fraction of sp³-hybridized carbons (Fsp3) is 0.318. The number of hydrazone groups is 1. The van der Waals surface area contributed by atoms with Crippen molar-refractivity contribution in [3.63, 3.8) is 0 Å². The van der Waals surface area contributed by atoms with E-state index in [9.17, 15) is 9.59 Å². The molecule has 2 aromatic rings. The summed E-state index contributed by atoms with van der Waals surface area (Å²) in [7, 11) is 1.56. The molecule has 8 nitrogen and oxygen atoms in total. The van der Waals surface area contributed by atoms with Gasteiger partial charge >= 0.3 is 0 Å². The first-order valence-corrected chi connectivity index (χ1v) is 10.8. The van der Waals surface area contributed by atoms with Crippen LogP contribution in [-0.2, 0) is 9.59 Å². The van der Waals surface area contributed by atoms with Crippen molar-refractivity contribution in [2.75, 3.05) is 19.0 Å². The number of methoxy groups -OCH3 is 1. The second kappa shape index (κ2) is 12.1. The first kappa shape index (κ1) is 24.4. The summed E-state index contributed by atoms with van der Waals surface area (Å²) in [5.41, 5.74) is 3.65. The molecule has 0 aromatic heterocycles. The molecular weight excluding hydrogens is 513 g/mol. The van der Waals surface area contributed by atoms with Gasteiger partial charge in [0.2, 0.25) is 11.8 Å². The van der Waals surface area contributed by atoms with Crippen molar-refractivity contribution < 1.29 is 23.8 Å². The van der Waals surface area contributed by atoms with E-state index in [-0.39, 0.29) is 12.5 Å². The van der Waals surface area contributed by atoms with Crippen LogP contribution in [0.4, 0.5) is 5.69 Å². The van der Waals surface area contributed by atoms with E-state index in [1.165, 1.54) is 6.21 Å². The van der Waals surface area contributed by atoms with Crippen molar-refractivity contribution in [1.82, 2.24) is 5.43 Å². The second-order valence-corrected chi connectivity index (χ2v) is 7.84. The summed E-state index contributed by atoms with van der Waals surface area (Å²) in [5.74, 6) is 0.973. The molecule has 0 aliphatic rings. The highest BCUT2D eigenvalue weighted by Gasteiger charge is 2.13. The SMILES string of the molecule is CCOc1ccc(NC(=O)CC(=O)NN=Cc2cc(I)c(OC(C)C)c(OC)c2)cc1. The average molecular weight is 539 g/mol. The molecule has 0 aliphatic carbocycles. The van der Waals surface area contributed by atoms with Gasteiger partial charge in [0.15, 0.2) is 11.5 Å². The third-order valence-electron chi connectivity index (χ3n) is 3.78. The third-order valence-corrected chi connectivity index (χ3v) is 4.58. The van der Waals surface area contributed by atoms with Crippen molar-refractivity contribution in [3.05, 3.63) is 45.5 Å². The van der Waals surface area contributed by atoms with Crippen LogP contribution in [0.3, 0.4) is 0 Å². The molecule has 0 radical (unpaired) electrons. The summed E-state index contributed by atoms with van der Waals surface area (Å²) in [6.45, 7) is 6.33. The lowest BCUT2D eigenvalue weighted by Crippen LogP contribution is -2.24. The van der Waals surface area contributed by atoms with Gasteiger partial charge in [0, 0.05) is 5.69 Å².